The van der Waals surface area contributed by atoms with Crippen molar-refractivity contribution in [2.75, 3.05) is 13.1 Å². The zero-order valence-corrected chi connectivity index (χ0v) is 24.4. The maximum Gasteiger partial charge on any atom is 0.269 e. The molecule has 9 nitrogen and oxygen atoms in total. The summed E-state index contributed by atoms with van der Waals surface area (Å²) in [7, 11) is 0. The van der Waals surface area contributed by atoms with Crippen molar-refractivity contribution in [1.82, 2.24) is 25.1 Å². The van der Waals surface area contributed by atoms with Gasteiger partial charge < -0.3 is 20.1 Å². The first-order chi connectivity index (χ1) is 19.3. The lowest BCUT2D eigenvalue weighted by molar-refractivity contribution is -0.384. The number of benzene rings is 2. The van der Waals surface area contributed by atoms with E-state index in [1.165, 1.54) is 12.1 Å². The molecule has 0 saturated carbocycles. The second-order valence-electron chi connectivity index (χ2n) is 10.1. The maximum absolute atomic E-state index is 13.3. The number of unbranched alkanes of at least 4 members (excludes halogenated alkanes) is 1. The van der Waals surface area contributed by atoms with Crippen LogP contribution in [0.2, 0.25) is 0 Å². The summed E-state index contributed by atoms with van der Waals surface area (Å²) in [5.74, 6) is 0.158. The smallest absolute Gasteiger partial charge is 0.269 e. The van der Waals surface area contributed by atoms with Crippen LogP contribution in [0.15, 0.2) is 67.1 Å². The fraction of sp³-hybridized carbons (Fsp3) is 0.433. The van der Waals surface area contributed by atoms with Crippen molar-refractivity contribution in [2.24, 2.45) is 5.92 Å². The Hall–Kier alpha value is -3.79. The van der Waals surface area contributed by atoms with E-state index in [1.807, 2.05) is 22.8 Å². The summed E-state index contributed by atoms with van der Waals surface area (Å²) in [4.78, 5) is 30.2. The van der Waals surface area contributed by atoms with Crippen molar-refractivity contribution in [3.05, 3.63) is 94.1 Å². The number of hydrogen-bond donors (Lipinski definition) is 2. The van der Waals surface area contributed by atoms with E-state index in [2.05, 4.69) is 53.4 Å². The number of nitrogens with one attached hydrogen (secondary N) is 2. The van der Waals surface area contributed by atoms with Gasteiger partial charge in [0.15, 0.2) is 5.11 Å². The summed E-state index contributed by atoms with van der Waals surface area (Å²) in [6, 6.07) is 16.5. The lowest BCUT2D eigenvalue weighted by Gasteiger charge is -2.33. The molecule has 0 aliphatic carbocycles. The average Bonchev–Trinajstić information content (AvgIpc) is 3.38. The monoisotopic (exact) mass is 564 g/mol. The standard InChI is InChI=1S/C30H40N6O3S/c1-4-6-16-32-30(40)34(19-24-10-8-7-9-11-24)21-28(23(3)5-2)33-29(37)17-27-18-31-22-35(27)20-25-12-14-26(15-13-25)36(38)39/h7-15,18,22-23,28H,4-6,16-17,19-21H2,1-3H3,(H,32,40)(H,33,37)/t23-,28+/m0/s1. The molecule has 40 heavy (non-hydrogen) atoms. The molecule has 0 aliphatic rings. The number of carbonyl (C=O) groups is 1. The van der Waals surface area contributed by atoms with Gasteiger partial charge >= 0.3 is 0 Å². The lowest BCUT2D eigenvalue weighted by atomic mass is 9.98. The van der Waals surface area contributed by atoms with Gasteiger partial charge in [-0.3, -0.25) is 14.9 Å². The Morgan fingerprint density at radius 2 is 1.85 bits per heavy atom. The number of hydrogen-bond acceptors (Lipinski definition) is 5. The fourth-order valence-corrected chi connectivity index (χ4v) is 4.62. The zero-order valence-electron chi connectivity index (χ0n) is 23.6. The predicted octanol–water partition coefficient (Wildman–Crippen LogP) is 5.09. The van der Waals surface area contributed by atoms with Crippen LogP contribution >= 0.6 is 12.2 Å². The number of aromatic nitrogens is 2. The lowest BCUT2D eigenvalue weighted by Crippen LogP contribution is -2.51. The molecule has 0 radical (unpaired) electrons. The Morgan fingerprint density at radius 1 is 1.12 bits per heavy atom. The number of amides is 1. The van der Waals surface area contributed by atoms with E-state index >= 15 is 0 Å². The number of carbonyl (C=O) groups excluding carboxylic acids is 1. The molecule has 0 aliphatic heterocycles. The minimum atomic E-state index is -0.417. The van der Waals surface area contributed by atoms with E-state index < -0.39 is 4.92 Å². The van der Waals surface area contributed by atoms with Gasteiger partial charge in [0.2, 0.25) is 5.91 Å². The van der Waals surface area contributed by atoms with Gasteiger partial charge in [0.1, 0.15) is 0 Å². The summed E-state index contributed by atoms with van der Waals surface area (Å²) in [6.45, 7) is 8.97. The molecule has 0 fully saturated rings. The molecule has 1 heterocycles. The molecule has 3 rings (SSSR count). The van der Waals surface area contributed by atoms with Crippen molar-refractivity contribution in [1.29, 1.82) is 0 Å². The predicted molar refractivity (Wildman–Crippen MR) is 162 cm³/mol. The number of nitro groups is 1. The Morgan fingerprint density at radius 3 is 2.50 bits per heavy atom. The molecule has 0 bridgehead atoms. The topological polar surface area (TPSA) is 105 Å². The van der Waals surface area contributed by atoms with E-state index in [-0.39, 0.29) is 30.0 Å². The van der Waals surface area contributed by atoms with Crippen LogP contribution in [0.25, 0.3) is 0 Å². The van der Waals surface area contributed by atoms with Gasteiger partial charge in [-0.05, 0) is 35.7 Å². The maximum atomic E-state index is 13.3. The van der Waals surface area contributed by atoms with E-state index in [0.717, 1.165) is 42.6 Å². The van der Waals surface area contributed by atoms with E-state index in [1.54, 1.807) is 24.7 Å². The minimum absolute atomic E-state index is 0.0476. The number of rotatable bonds is 15. The number of nitrogens with zero attached hydrogens (tertiary/aromatic N) is 4. The Bertz CT molecular complexity index is 1230. The van der Waals surface area contributed by atoms with Crippen molar-refractivity contribution in [2.45, 2.75) is 65.6 Å². The van der Waals surface area contributed by atoms with Gasteiger partial charge in [-0.25, -0.2) is 4.98 Å². The summed E-state index contributed by atoms with van der Waals surface area (Å²) in [5.41, 5.74) is 2.87. The fourth-order valence-electron chi connectivity index (χ4n) is 4.38. The first-order valence-corrected chi connectivity index (χ1v) is 14.3. The highest BCUT2D eigenvalue weighted by atomic mass is 32.1. The highest BCUT2D eigenvalue weighted by Crippen LogP contribution is 2.16. The number of nitro benzene ring substituents is 1. The molecular formula is C30H40N6O3S. The second kappa shape index (κ2) is 15.7. The average molecular weight is 565 g/mol. The van der Waals surface area contributed by atoms with Gasteiger partial charge in [0.05, 0.1) is 17.7 Å². The minimum Gasteiger partial charge on any atom is -0.363 e. The quantitative estimate of drug-likeness (QED) is 0.115. The highest BCUT2D eigenvalue weighted by Gasteiger charge is 2.24. The SMILES string of the molecule is CCCCNC(=S)N(Cc1ccccc1)C[C@@H](NC(=O)Cc1cncn1Cc1ccc([N+](=O)[O-])cc1)[C@@H](C)CC. The Kier molecular flexibility index (Phi) is 12.1. The van der Waals surface area contributed by atoms with E-state index in [9.17, 15) is 14.9 Å². The zero-order chi connectivity index (χ0) is 28.9. The van der Waals surface area contributed by atoms with Gasteiger partial charge in [-0.2, -0.15) is 0 Å². The summed E-state index contributed by atoms with van der Waals surface area (Å²) in [5, 5.41) is 18.3. The van der Waals surface area contributed by atoms with Crippen LogP contribution in [0, 0.1) is 16.0 Å². The number of thiocarbonyl (C=S) groups is 1. The largest absolute Gasteiger partial charge is 0.363 e. The molecule has 10 heteroatoms. The van der Waals surface area contributed by atoms with Crippen molar-refractivity contribution < 1.29 is 9.72 Å². The van der Waals surface area contributed by atoms with Crippen LogP contribution in [0.4, 0.5) is 5.69 Å². The third kappa shape index (κ3) is 9.44. The van der Waals surface area contributed by atoms with Crippen LogP contribution < -0.4 is 10.6 Å². The molecule has 3 aromatic rings. The first kappa shape index (κ1) is 30.7. The van der Waals surface area contributed by atoms with Gasteiger partial charge in [0.25, 0.3) is 5.69 Å². The normalized spacial score (nSPS) is 12.4. The van der Waals surface area contributed by atoms with Crippen LogP contribution in [-0.4, -0.2) is 49.5 Å². The van der Waals surface area contributed by atoms with Gasteiger partial charge in [0, 0.05) is 56.2 Å². The van der Waals surface area contributed by atoms with Crippen LogP contribution in [0.5, 0.6) is 0 Å². The number of imidazole rings is 1. The molecule has 2 atom stereocenters. The van der Waals surface area contributed by atoms with Crippen LogP contribution in [-0.2, 0) is 24.3 Å². The van der Waals surface area contributed by atoms with Crippen molar-refractivity contribution in [3.63, 3.8) is 0 Å². The van der Waals surface area contributed by atoms with Gasteiger partial charge in [-0.1, -0.05) is 76.1 Å². The highest BCUT2D eigenvalue weighted by molar-refractivity contribution is 7.80. The molecule has 1 aromatic heterocycles. The van der Waals surface area contributed by atoms with Crippen molar-refractivity contribution in [3.8, 4) is 0 Å². The molecule has 214 valence electrons. The second-order valence-corrected chi connectivity index (χ2v) is 10.5. The first-order valence-electron chi connectivity index (χ1n) is 13.9. The van der Waals surface area contributed by atoms with Gasteiger partial charge in [-0.15, -0.1) is 0 Å². The Labute approximate surface area is 242 Å². The molecule has 0 spiro atoms. The van der Waals surface area contributed by atoms with E-state index in [4.69, 9.17) is 12.2 Å². The summed E-state index contributed by atoms with van der Waals surface area (Å²) >= 11 is 5.79. The third-order valence-electron chi connectivity index (χ3n) is 7.04. The molecule has 0 saturated heterocycles. The Balaban J connectivity index is 1.69. The summed E-state index contributed by atoms with van der Waals surface area (Å²) < 4.78 is 1.90. The number of non-ortho nitro benzene ring substituents is 1. The third-order valence-corrected chi connectivity index (χ3v) is 7.45. The van der Waals surface area contributed by atoms with E-state index in [0.29, 0.717) is 24.7 Å². The molecule has 0 unspecified atom stereocenters. The molecule has 2 N–H and O–H groups in total. The summed E-state index contributed by atoms with van der Waals surface area (Å²) in [6.07, 6.45) is 6.59. The van der Waals surface area contributed by atoms with Crippen LogP contribution in [0.1, 0.15) is 56.9 Å². The van der Waals surface area contributed by atoms with Crippen molar-refractivity contribution >= 4 is 28.9 Å². The molecule has 1 amide bonds. The molecule has 2 aromatic carbocycles. The molecular weight excluding hydrogens is 524 g/mol. The van der Waals surface area contributed by atoms with Crippen LogP contribution in [0.3, 0.4) is 0 Å².